The second-order valence-electron chi connectivity index (χ2n) is 3.97. The first kappa shape index (κ1) is 13.6. The Balaban J connectivity index is 2.44. The topological polar surface area (TPSA) is 85.1 Å². The monoisotopic (exact) mass is 297 g/mol. The van der Waals surface area contributed by atoms with Gasteiger partial charge >= 0.3 is 0 Å². The van der Waals surface area contributed by atoms with E-state index in [1.54, 1.807) is 25.1 Å². The Labute approximate surface area is 116 Å². The summed E-state index contributed by atoms with van der Waals surface area (Å²) in [6.45, 7) is 1.68. The van der Waals surface area contributed by atoms with Gasteiger partial charge in [-0.25, -0.2) is 13.4 Å². The van der Waals surface area contributed by atoms with E-state index in [0.29, 0.717) is 11.3 Å². The molecule has 0 unspecified atom stereocenters. The first-order valence-electron chi connectivity index (χ1n) is 5.39. The summed E-state index contributed by atoms with van der Waals surface area (Å²) in [5.74, 6) is 0. The molecule has 2 aromatic rings. The zero-order chi connectivity index (χ0) is 14.0. The summed E-state index contributed by atoms with van der Waals surface area (Å²) < 4.78 is 27.0. The van der Waals surface area contributed by atoms with Crippen molar-refractivity contribution in [3.63, 3.8) is 0 Å². The third-order valence-electron chi connectivity index (χ3n) is 2.49. The van der Waals surface area contributed by atoms with Crippen molar-refractivity contribution in [2.75, 3.05) is 10.5 Å². The predicted octanol–water partition coefficient (Wildman–Crippen LogP) is 2.43. The van der Waals surface area contributed by atoms with Crippen LogP contribution in [0.2, 0.25) is 5.15 Å². The molecule has 0 atom stereocenters. The van der Waals surface area contributed by atoms with Crippen LogP contribution >= 0.6 is 11.6 Å². The van der Waals surface area contributed by atoms with Crippen molar-refractivity contribution in [2.45, 2.75) is 11.8 Å². The number of nitrogens with zero attached hydrogens (tertiary/aromatic N) is 1. The summed E-state index contributed by atoms with van der Waals surface area (Å²) >= 11 is 5.71. The number of halogens is 1. The molecule has 0 saturated heterocycles. The highest BCUT2D eigenvalue weighted by molar-refractivity contribution is 7.93. The summed E-state index contributed by atoms with van der Waals surface area (Å²) in [6, 6.07) is 7.87. The summed E-state index contributed by atoms with van der Waals surface area (Å²) in [7, 11) is -3.75. The maximum Gasteiger partial charge on any atom is 0.264 e. The number of hydrogen-bond acceptors (Lipinski definition) is 4. The average molecular weight is 298 g/mol. The van der Waals surface area contributed by atoms with Gasteiger partial charge in [-0.3, -0.25) is 4.72 Å². The lowest BCUT2D eigenvalue weighted by Gasteiger charge is -2.12. The largest absolute Gasteiger partial charge is 0.398 e. The molecule has 0 fully saturated rings. The maximum absolute atomic E-state index is 12.3. The molecule has 19 heavy (non-hydrogen) atoms. The van der Waals surface area contributed by atoms with E-state index in [0.717, 1.165) is 0 Å². The Morgan fingerprint density at radius 2 is 2.05 bits per heavy atom. The highest BCUT2D eigenvalue weighted by atomic mass is 35.5. The van der Waals surface area contributed by atoms with Crippen LogP contribution < -0.4 is 10.5 Å². The number of nitrogens with one attached hydrogen (secondary N) is 1. The van der Waals surface area contributed by atoms with Crippen LogP contribution in [-0.2, 0) is 10.0 Å². The highest BCUT2D eigenvalue weighted by Crippen LogP contribution is 2.25. The number of rotatable bonds is 3. The first-order chi connectivity index (χ1) is 8.90. The quantitative estimate of drug-likeness (QED) is 0.673. The molecule has 0 radical (unpaired) electrons. The van der Waals surface area contributed by atoms with Gasteiger partial charge in [0, 0.05) is 6.20 Å². The lowest BCUT2D eigenvalue weighted by atomic mass is 10.2. The average Bonchev–Trinajstić information content (AvgIpc) is 2.27. The number of nitrogen functional groups attached to an aromatic ring is 1. The number of aryl methyl sites for hydroxylation is 1. The molecule has 0 aliphatic heterocycles. The molecular weight excluding hydrogens is 286 g/mol. The van der Waals surface area contributed by atoms with Gasteiger partial charge in [-0.2, -0.15) is 0 Å². The SMILES string of the molecule is Cc1cccc(N)c1S(=O)(=O)Nc1ccnc(Cl)c1. The standard InChI is InChI=1S/C12H12ClN3O2S/c1-8-3-2-4-10(14)12(8)19(17,18)16-9-5-6-15-11(13)7-9/h2-7H,14H2,1H3,(H,15,16). The van der Waals surface area contributed by atoms with E-state index in [1.807, 2.05) is 0 Å². The molecule has 3 N–H and O–H groups in total. The Kier molecular flexibility index (Phi) is 3.64. The fourth-order valence-electron chi connectivity index (χ4n) is 1.71. The molecule has 1 aromatic heterocycles. The van der Waals surface area contributed by atoms with Gasteiger partial charge in [0.05, 0.1) is 11.4 Å². The third-order valence-corrected chi connectivity index (χ3v) is 4.30. The molecule has 0 aliphatic rings. The van der Waals surface area contributed by atoms with Gasteiger partial charge in [0.2, 0.25) is 0 Å². The molecule has 0 bridgehead atoms. The molecule has 0 aliphatic carbocycles. The summed E-state index contributed by atoms with van der Waals surface area (Å²) in [4.78, 5) is 3.86. The summed E-state index contributed by atoms with van der Waals surface area (Å²) in [5, 5.41) is 0.206. The third kappa shape index (κ3) is 2.97. The minimum Gasteiger partial charge on any atom is -0.398 e. The van der Waals surface area contributed by atoms with Crippen LogP contribution in [0.3, 0.4) is 0 Å². The fourth-order valence-corrected chi connectivity index (χ4v) is 3.30. The van der Waals surface area contributed by atoms with Crippen LogP contribution in [0.15, 0.2) is 41.4 Å². The smallest absolute Gasteiger partial charge is 0.264 e. The zero-order valence-electron chi connectivity index (χ0n) is 10.1. The molecule has 7 heteroatoms. The van der Waals surface area contributed by atoms with E-state index >= 15 is 0 Å². The van der Waals surface area contributed by atoms with E-state index in [4.69, 9.17) is 17.3 Å². The van der Waals surface area contributed by atoms with Gasteiger partial charge in [-0.15, -0.1) is 0 Å². The zero-order valence-corrected chi connectivity index (χ0v) is 11.7. The van der Waals surface area contributed by atoms with Crippen LogP contribution in [0.5, 0.6) is 0 Å². The van der Waals surface area contributed by atoms with Gasteiger partial charge in [0.1, 0.15) is 10.0 Å². The fraction of sp³-hybridized carbons (Fsp3) is 0.0833. The molecule has 1 aromatic carbocycles. The molecule has 0 spiro atoms. The number of hydrogen-bond donors (Lipinski definition) is 2. The van der Waals surface area contributed by atoms with Crippen molar-refractivity contribution >= 4 is 33.0 Å². The second kappa shape index (κ2) is 5.07. The predicted molar refractivity (Wildman–Crippen MR) is 75.6 cm³/mol. The Morgan fingerprint density at radius 1 is 1.32 bits per heavy atom. The van der Waals surface area contributed by atoms with E-state index in [1.165, 1.54) is 18.3 Å². The van der Waals surface area contributed by atoms with Gasteiger partial charge in [-0.05, 0) is 30.7 Å². The van der Waals surface area contributed by atoms with E-state index in [2.05, 4.69) is 9.71 Å². The number of anilines is 2. The van der Waals surface area contributed by atoms with E-state index in [9.17, 15) is 8.42 Å². The van der Waals surface area contributed by atoms with Crippen LogP contribution in [0.1, 0.15) is 5.56 Å². The Bertz CT molecular complexity index is 696. The summed E-state index contributed by atoms with van der Waals surface area (Å²) in [6.07, 6.45) is 1.42. The molecule has 0 amide bonds. The number of nitrogens with two attached hydrogens (primary N) is 1. The maximum atomic E-state index is 12.3. The van der Waals surface area contributed by atoms with Gasteiger partial charge < -0.3 is 5.73 Å². The normalized spacial score (nSPS) is 11.3. The van der Waals surface area contributed by atoms with Crippen LogP contribution in [-0.4, -0.2) is 13.4 Å². The molecule has 1 heterocycles. The molecular formula is C12H12ClN3O2S. The number of aromatic nitrogens is 1. The summed E-state index contributed by atoms with van der Waals surface area (Å²) in [5.41, 5.74) is 6.85. The van der Waals surface area contributed by atoms with Gasteiger partial charge in [0.15, 0.2) is 0 Å². The van der Waals surface area contributed by atoms with Gasteiger partial charge in [0.25, 0.3) is 10.0 Å². The van der Waals surface area contributed by atoms with Crippen molar-refractivity contribution in [2.24, 2.45) is 0 Å². The number of pyridine rings is 1. The molecule has 100 valence electrons. The van der Waals surface area contributed by atoms with Crippen molar-refractivity contribution in [1.82, 2.24) is 4.98 Å². The number of sulfonamides is 1. The lowest BCUT2D eigenvalue weighted by molar-refractivity contribution is 0.601. The van der Waals surface area contributed by atoms with E-state index < -0.39 is 10.0 Å². The first-order valence-corrected chi connectivity index (χ1v) is 7.26. The van der Waals surface area contributed by atoms with Crippen LogP contribution in [0.25, 0.3) is 0 Å². The Hall–Kier alpha value is -1.79. The molecule has 2 rings (SSSR count). The van der Waals surface area contributed by atoms with Gasteiger partial charge in [-0.1, -0.05) is 23.7 Å². The Morgan fingerprint density at radius 3 is 2.68 bits per heavy atom. The minimum absolute atomic E-state index is 0.0722. The van der Waals surface area contributed by atoms with Crippen molar-refractivity contribution in [1.29, 1.82) is 0 Å². The highest BCUT2D eigenvalue weighted by Gasteiger charge is 2.20. The second-order valence-corrected chi connectivity index (χ2v) is 5.97. The lowest BCUT2D eigenvalue weighted by Crippen LogP contribution is -2.16. The van der Waals surface area contributed by atoms with Crippen LogP contribution in [0, 0.1) is 6.92 Å². The van der Waals surface area contributed by atoms with Crippen molar-refractivity contribution in [3.05, 3.63) is 47.2 Å². The molecule has 5 nitrogen and oxygen atoms in total. The minimum atomic E-state index is -3.75. The van der Waals surface area contributed by atoms with Crippen molar-refractivity contribution in [3.8, 4) is 0 Å². The van der Waals surface area contributed by atoms with Crippen LogP contribution in [0.4, 0.5) is 11.4 Å². The molecule has 0 saturated carbocycles. The number of benzene rings is 1. The van der Waals surface area contributed by atoms with E-state index in [-0.39, 0.29) is 15.7 Å². The van der Waals surface area contributed by atoms with Crippen molar-refractivity contribution < 1.29 is 8.42 Å².